The van der Waals surface area contributed by atoms with Crippen LogP contribution in [0.3, 0.4) is 0 Å². The molecule has 7 nitrogen and oxygen atoms in total. The van der Waals surface area contributed by atoms with Gasteiger partial charge < -0.3 is 25.8 Å². The van der Waals surface area contributed by atoms with Gasteiger partial charge in [0.1, 0.15) is 11.6 Å². The van der Waals surface area contributed by atoms with E-state index in [9.17, 15) is 4.79 Å². The molecule has 3 aromatic rings. The molecule has 3 N–H and O–H groups in total. The molecule has 39 heavy (non-hydrogen) atoms. The van der Waals surface area contributed by atoms with Crippen LogP contribution in [0.1, 0.15) is 46.3 Å². The van der Waals surface area contributed by atoms with Gasteiger partial charge in [-0.2, -0.15) is 0 Å². The Bertz CT molecular complexity index is 1450. The van der Waals surface area contributed by atoms with Gasteiger partial charge in [0.25, 0.3) is 0 Å². The monoisotopic (exact) mass is 520 g/mol. The van der Waals surface area contributed by atoms with Gasteiger partial charge in [-0.15, -0.1) is 0 Å². The number of nitrogens with one attached hydrogen (secondary N) is 3. The van der Waals surface area contributed by atoms with E-state index < -0.39 is 0 Å². The molecule has 2 aromatic carbocycles. The van der Waals surface area contributed by atoms with Gasteiger partial charge in [0.15, 0.2) is 5.78 Å². The number of Topliss-reactive ketones (excluding diaryl/α,β-unsaturated/α-hetero) is 1. The number of benzene rings is 2. The summed E-state index contributed by atoms with van der Waals surface area (Å²) in [5.74, 6) is 2.01. The van der Waals surface area contributed by atoms with Crippen LogP contribution >= 0.6 is 0 Å². The molecule has 2 fully saturated rings. The van der Waals surface area contributed by atoms with Crippen LogP contribution in [0.4, 0.5) is 23.0 Å². The Hall–Kier alpha value is -3.68. The standard InChI is InChI=1S/C32H36N6O/c1-37-15-17-38(18-16-37)24-4-2-3-23(20-24)35-30-8-7-26-25(9-12-34-31(26)36-30)22-5-6-27-28(19-22)32(21-29(27)39)10-13-33-14-11-32/h2-9,19-20,33H,10-18,21H2,1H3,(H2,34,35,36). The Morgan fingerprint density at radius 2 is 1.77 bits per heavy atom. The molecule has 7 rings (SSSR count). The lowest BCUT2D eigenvalue weighted by atomic mass is 9.73. The maximum Gasteiger partial charge on any atom is 0.164 e. The van der Waals surface area contributed by atoms with E-state index in [0.29, 0.717) is 12.2 Å². The highest BCUT2D eigenvalue weighted by molar-refractivity contribution is 6.03. The van der Waals surface area contributed by atoms with Crippen LogP contribution in [-0.2, 0) is 5.41 Å². The Labute approximate surface area is 230 Å². The number of anilines is 4. The molecule has 2 saturated heterocycles. The number of rotatable bonds is 4. The van der Waals surface area contributed by atoms with Crippen LogP contribution in [0, 0.1) is 0 Å². The molecule has 1 aliphatic carbocycles. The molecule has 0 amide bonds. The lowest BCUT2D eigenvalue weighted by Gasteiger charge is -2.34. The zero-order chi connectivity index (χ0) is 26.4. The van der Waals surface area contributed by atoms with Crippen molar-refractivity contribution in [1.82, 2.24) is 15.2 Å². The first-order valence-corrected chi connectivity index (χ1v) is 14.2. The number of likely N-dealkylation sites (N-methyl/N-ethyl adjacent to an activating group) is 1. The van der Waals surface area contributed by atoms with Crippen molar-refractivity contribution in [2.45, 2.75) is 24.7 Å². The Morgan fingerprint density at radius 3 is 2.62 bits per heavy atom. The number of fused-ring (bicyclic) bond motifs is 3. The van der Waals surface area contributed by atoms with Crippen molar-refractivity contribution >= 4 is 34.4 Å². The summed E-state index contributed by atoms with van der Waals surface area (Å²) in [6.45, 7) is 6.95. The maximum atomic E-state index is 12.9. The minimum Gasteiger partial charge on any atom is -0.369 e. The largest absolute Gasteiger partial charge is 0.369 e. The van der Waals surface area contributed by atoms with E-state index in [4.69, 9.17) is 4.98 Å². The van der Waals surface area contributed by atoms with Crippen molar-refractivity contribution in [3.63, 3.8) is 0 Å². The molecular weight excluding hydrogens is 484 g/mol. The van der Waals surface area contributed by atoms with E-state index in [1.165, 1.54) is 22.4 Å². The minimum absolute atomic E-state index is 0.00529. The summed E-state index contributed by atoms with van der Waals surface area (Å²) in [7, 11) is 2.18. The number of piperidine rings is 1. The fraction of sp³-hybridized carbons (Fsp3) is 0.375. The molecule has 0 saturated carbocycles. The summed E-state index contributed by atoms with van der Waals surface area (Å²) in [6, 6.07) is 19.3. The molecule has 1 spiro atoms. The van der Waals surface area contributed by atoms with Crippen molar-refractivity contribution in [3.05, 3.63) is 82.9 Å². The van der Waals surface area contributed by atoms with Crippen LogP contribution in [0.25, 0.3) is 5.57 Å². The average Bonchev–Trinajstić information content (AvgIpc) is 3.23. The Balaban J connectivity index is 1.14. The van der Waals surface area contributed by atoms with Crippen molar-refractivity contribution in [3.8, 4) is 0 Å². The molecule has 3 aliphatic heterocycles. The predicted octanol–water partition coefficient (Wildman–Crippen LogP) is 4.64. The van der Waals surface area contributed by atoms with Gasteiger partial charge >= 0.3 is 0 Å². The van der Waals surface area contributed by atoms with E-state index in [2.05, 4.69) is 93.5 Å². The number of hydrogen-bond donors (Lipinski definition) is 3. The molecule has 200 valence electrons. The SMILES string of the molecule is CN1CCN(c2cccc(Nc3ccc4c(n3)NCC=C4c3ccc4c(c3)C3(CCNCC3)CC4=O)c2)CC1. The molecule has 0 radical (unpaired) electrons. The zero-order valence-electron chi connectivity index (χ0n) is 22.6. The van der Waals surface area contributed by atoms with Gasteiger partial charge in [0.2, 0.25) is 0 Å². The van der Waals surface area contributed by atoms with Crippen LogP contribution in [-0.4, -0.2) is 68.5 Å². The second kappa shape index (κ2) is 9.81. The van der Waals surface area contributed by atoms with E-state index in [-0.39, 0.29) is 5.41 Å². The highest BCUT2D eigenvalue weighted by atomic mass is 16.1. The van der Waals surface area contributed by atoms with Crippen molar-refractivity contribution in [2.75, 3.05) is 68.4 Å². The Morgan fingerprint density at radius 1 is 0.949 bits per heavy atom. The Kier molecular flexibility index (Phi) is 6.13. The number of hydrogen-bond acceptors (Lipinski definition) is 7. The van der Waals surface area contributed by atoms with Crippen LogP contribution < -0.4 is 20.9 Å². The second-order valence-electron chi connectivity index (χ2n) is 11.4. The van der Waals surface area contributed by atoms with E-state index >= 15 is 0 Å². The van der Waals surface area contributed by atoms with E-state index in [0.717, 1.165) is 87.1 Å². The summed E-state index contributed by atoms with van der Waals surface area (Å²) in [6.07, 6.45) is 4.94. The van der Waals surface area contributed by atoms with Gasteiger partial charge in [-0.3, -0.25) is 4.79 Å². The number of carbonyl (C=O) groups excluding carboxylic acids is 1. The highest BCUT2D eigenvalue weighted by Gasteiger charge is 2.44. The van der Waals surface area contributed by atoms with Gasteiger partial charge in [-0.25, -0.2) is 4.98 Å². The summed E-state index contributed by atoms with van der Waals surface area (Å²) in [4.78, 5) is 22.6. The summed E-state index contributed by atoms with van der Waals surface area (Å²) in [5, 5.41) is 10.5. The molecule has 0 bridgehead atoms. The predicted molar refractivity (Wildman–Crippen MR) is 158 cm³/mol. The molecule has 0 unspecified atom stereocenters. The van der Waals surface area contributed by atoms with Crippen molar-refractivity contribution < 1.29 is 4.79 Å². The maximum absolute atomic E-state index is 12.9. The summed E-state index contributed by atoms with van der Waals surface area (Å²) >= 11 is 0. The number of pyridine rings is 1. The number of aromatic nitrogens is 1. The first-order valence-electron chi connectivity index (χ1n) is 14.2. The van der Waals surface area contributed by atoms with Crippen LogP contribution in [0.15, 0.2) is 60.7 Å². The van der Waals surface area contributed by atoms with Crippen molar-refractivity contribution in [2.24, 2.45) is 0 Å². The first kappa shape index (κ1) is 24.4. The molecule has 1 aromatic heterocycles. The number of piperazine rings is 1. The van der Waals surface area contributed by atoms with Gasteiger partial charge in [-0.05, 0) is 86.1 Å². The van der Waals surface area contributed by atoms with Crippen LogP contribution in [0.5, 0.6) is 0 Å². The van der Waals surface area contributed by atoms with E-state index in [1.807, 2.05) is 0 Å². The normalized spacial score (nSPS) is 20.3. The summed E-state index contributed by atoms with van der Waals surface area (Å²) in [5.41, 5.74) is 7.91. The second-order valence-corrected chi connectivity index (χ2v) is 11.4. The average molecular weight is 521 g/mol. The molecule has 0 atom stereocenters. The fourth-order valence-electron chi connectivity index (χ4n) is 6.75. The lowest BCUT2D eigenvalue weighted by Crippen LogP contribution is -2.44. The van der Waals surface area contributed by atoms with Crippen molar-refractivity contribution in [1.29, 1.82) is 0 Å². The third kappa shape index (κ3) is 4.49. The van der Waals surface area contributed by atoms with Crippen LogP contribution in [0.2, 0.25) is 0 Å². The third-order valence-corrected chi connectivity index (χ3v) is 9.01. The number of ketones is 1. The van der Waals surface area contributed by atoms with Gasteiger partial charge in [0.05, 0.1) is 0 Å². The fourth-order valence-corrected chi connectivity index (χ4v) is 6.75. The molecule has 4 heterocycles. The number of nitrogens with zero attached hydrogens (tertiary/aromatic N) is 3. The lowest BCUT2D eigenvalue weighted by molar-refractivity contribution is 0.0964. The molecular formula is C32H36N6O. The highest BCUT2D eigenvalue weighted by Crippen LogP contribution is 2.46. The zero-order valence-corrected chi connectivity index (χ0v) is 22.6. The van der Waals surface area contributed by atoms with E-state index in [1.54, 1.807) is 0 Å². The quantitative estimate of drug-likeness (QED) is 0.463. The topological polar surface area (TPSA) is 72.5 Å². The smallest absolute Gasteiger partial charge is 0.164 e. The third-order valence-electron chi connectivity index (χ3n) is 9.01. The van der Waals surface area contributed by atoms with Gasteiger partial charge in [-0.1, -0.05) is 24.3 Å². The minimum atomic E-state index is -0.00529. The number of carbonyl (C=O) groups is 1. The molecule has 4 aliphatic rings. The first-order chi connectivity index (χ1) is 19.1. The summed E-state index contributed by atoms with van der Waals surface area (Å²) < 4.78 is 0. The molecule has 7 heteroatoms. The van der Waals surface area contributed by atoms with Gasteiger partial charge in [0, 0.05) is 67.1 Å².